The molecule has 2 aromatic heterocycles. The van der Waals surface area contributed by atoms with Crippen molar-refractivity contribution in [3.05, 3.63) is 42.2 Å². The van der Waals surface area contributed by atoms with Crippen molar-refractivity contribution in [1.29, 1.82) is 0 Å². The second-order valence-electron chi connectivity index (χ2n) is 4.47. The predicted molar refractivity (Wildman–Crippen MR) is 68.6 cm³/mol. The van der Waals surface area contributed by atoms with Crippen molar-refractivity contribution in [2.45, 2.75) is 25.4 Å². The zero-order valence-electron chi connectivity index (χ0n) is 10.3. The molecule has 98 valence electrons. The van der Waals surface area contributed by atoms with E-state index in [9.17, 15) is 4.79 Å². The molecule has 0 bridgehead atoms. The van der Waals surface area contributed by atoms with E-state index in [2.05, 4.69) is 20.6 Å². The summed E-state index contributed by atoms with van der Waals surface area (Å²) in [4.78, 5) is 20.0. The third-order valence-corrected chi connectivity index (χ3v) is 2.83. The van der Waals surface area contributed by atoms with Crippen molar-refractivity contribution in [1.82, 2.24) is 15.3 Å². The van der Waals surface area contributed by atoms with Crippen LogP contribution in [-0.4, -0.2) is 21.9 Å². The van der Waals surface area contributed by atoms with Gasteiger partial charge in [0.25, 0.3) is 5.91 Å². The summed E-state index contributed by atoms with van der Waals surface area (Å²) in [6.07, 6.45) is 5.28. The fourth-order valence-electron chi connectivity index (χ4n) is 1.67. The minimum atomic E-state index is -0.238. The largest absolute Gasteiger partial charge is 0.467 e. The Morgan fingerprint density at radius 3 is 3.05 bits per heavy atom. The summed E-state index contributed by atoms with van der Waals surface area (Å²) in [5.74, 6) is 1.16. The molecule has 6 heteroatoms. The van der Waals surface area contributed by atoms with E-state index < -0.39 is 0 Å². The number of hydrogen-bond acceptors (Lipinski definition) is 5. The summed E-state index contributed by atoms with van der Waals surface area (Å²) in [5.41, 5.74) is 0.352. The van der Waals surface area contributed by atoms with Crippen LogP contribution in [0.5, 0.6) is 0 Å². The number of nitrogens with zero attached hydrogens (tertiary/aromatic N) is 2. The highest BCUT2D eigenvalue weighted by molar-refractivity contribution is 5.92. The Kier molecular flexibility index (Phi) is 3.14. The van der Waals surface area contributed by atoms with Gasteiger partial charge in [-0.25, -0.2) is 9.97 Å². The van der Waals surface area contributed by atoms with E-state index in [4.69, 9.17) is 4.42 Å². The number of anilines is 1. The van der Waals surface area contributed by atoms with Crippen LogP contribution < -0.4 is 10.6 Å². The van der Waals surface area contributed by atoms with Crippen LogP contribution in [0.15, 0.2) is 35.2 Å². The van der Waals surface area contributed by atoms with E-state index in [1.165, 1.54) is 6.33 Å². The van der Waals surface area contributed by atoms with Gasteiger partial charge in [-0.2, -0.15) is 0 Å². The molecule has 0 aliphatic heterocycles. The maximum atomic E-state index is 11.9. The van der Waals surface area contributed by atoms with Crippen molar-refractivity contribution in [3.63, 3.8) is 0 Å². The molecule has 1 fully saturated rings. The van der Waals surface area contributed by atoms with E-state index in [0.717, 1.165) is 12.8 Å². The molecule has 2 heterocycles. The van der Waals surface area contributed by atoms with Crippen molar-refractivity contribution >= 4 is 11.7 Å². The van der Waals surface area contributed by atoms with Gasteiger partial charge < -0.3 is 15.1 Å². The smallest absolute Gasteiger partial charge is 0.270 e. The number of nitrogens with one attached hydrogen (secondary N) is 2. The van der Waals surface area contributed by atoms with Gasteiger partial charge in [0.05, 0.1) is 12.8 Å². The highest BCUT2D eigenvalue weighted by Gasteiger charge is 2.21. The van der Waals surface area contributed by atoms with E-state index in [1.54, 1.807) is 24.5 Å². The van der Waals surface area contributed by atoms with Crippen LogP contribution in [0.4, 0.5) is 5.82 Å². The Bertz CT molecular complexity index is 564. The van der Waals surface area contributed by atoms with Crippen molar-refractivity contribution in [2.75, 3.05) is 5.32 Å². The summed E-state index contributed by atoms with van der Waals surface area (Å²) >= 11 is 0. The topological polar surface area (TPSA) is 80.0 Å². The average molecular weight is 258 g/mol. The SMILES string of the molecule is O=C(NCc1ccco1)c1cc(NC2CC2)ncn1. The monoisotopic (exact) mass is 258 g/mol. The van der Waals surface area contributed by atoms with Crippen LogP contribution in [0.1, 0.15) is 29.1 Å². The Morgan fingerprint density at radius 1 is 1.42 bits per heavy atom. The molecule has 0 radical (unpaired) electrons. The summed E-state index contributed by atoms with van der Waals surface area (Å²) in [5, 5.41) is 5.98. The molecule has 1 aliphatic carbocycles. The van der Waals surface area contributed by atoms with Crippen molar-refractivity contribution < 1.29 is 9.21 Å². The summed E-state index contributed by atoms with van der Waals surface area (Å²) in [7, 11) is 0. The zero-order chi connectivity index (χ0) is 13.1. The third kappa shape index (κ3) is 3.09. The maximum Gasteiger partial charge on any atom is 0.270 e. The van der Waals surface area contributed by atoms with E-state index in [1.807, 2.05) is 0 Å². The van der Waals surface area contributed by atoms with Gasteiger partial charge in [-0.3, -0.25) is 4.79 Å². The summed E-state index contributed by atoms with van der Waals surface area (Å²) < 4.78 is 5.14. The minimum absolute atomic E-state index is 0.238. The number of furan rings is 1. The standard InChI is InChI=1S/C13H14N4O2/c18-13(14-7-10-2-1-5-19-10)11-6-12(16-8-15-11)17-9-3-4-9/h1-2,5-6,8-9H,3-4,7H2,(H,14,18)(H,15,16,17). The molecular weight excluding hydrogens is 244 g/mol. The fourth-order valence-corrected chi connectivity index (χ4v) is 1.67. The lowest BCUT2D eigenvalue weighted by molar-refractivity contribution is 0.0943. The molecule has 1 amide bonds. The Morgan fingerprint density at radius 2 is 2.32 bits per heavy atom. The first-order valence-corrected chi connectivity index (χ1v) is 6.20. The van der Waals surface area contributed by atoms with E-state index >= 15 is 0 Å². The fraction of sp³-hybridized carbons (Fsp3) is 0.308. The molecule has 2 N–H and O–H groups in total. The number of rotatable bonds is 5. The molecule has 1 saturated carbocycles. The summed E-state index contributed by atoms with van der Waals surface area (Å²) in [6.45, 7) is 0.348. The van der Waals surface area contributed by atoms with Gasteiger partial charge >= 0.3 is 0 Å². The predicted octanol–water partition coefficient (Wildman–Crippen LogP) is 1.57. The molecule has 0 saturated heterocycles. The Balaban J connectivity index is 1.61. The van der Waals surface area contributed by atoms with Crippen LogP contribution in [0.25, 0.3) is 0 Å². The van der Waals surface area contributed by atoms with E-state index in [-0.39, 0.29) is 5.91 Å². The number of hydrogen-bond donors (Lipinski definition) is 2. The van der Waals surface area contributed by atoms with Gasteiger partial charge in [0.1, 0.15) is 23.6 Å². The molecule has 2 aromatic rings. The molecule has 0 spiro atoms. The van der Waals surface area contributed by atoms with Gasteiger partial charge in [0.15, 0.2) is 0 Å². The highest BCUT2D eigenvalue weighted by Crippen LogP contribution is 2.23. The number of carbonyl (C=O) groups is 1. The second-order valence-corrected chi connectivity index (χ2v) is 4.47. The first-order chi connectivity index (χ1) is 9.31. The molecule has 19 heavy (non-hydrogen) atoms. The Labute approximate surface area is 110 Å². The average Bonchev–Trinajstić information content (AvgIpc) is 3.08. The molecule has 6 nitrogen and oxygen atoms in total. The van der Waals surface area contributed by atoms with Crippen LogP contribution in [0.3, 0.4) is 0 Å². The zero-order valence-corrected chi connectivity index (χ0v) is 10.3. The van der Waals surface area contributed by atoms with Gasteiger partial charge in [-0.15, -0.1) is 0 Å². The molecule has 0 unspecified atom stereocenters. The number of carbonyl (C=O) groups excluding carboxylic acids is 1. The highest BCUT2D eigenvalue weighted by atomic mass is 16.3. The summed E-state index contributed by atoms with van der Waals surface area (Å²) in [6, 6.07) is 5.74. The molecule has 0 atom stereocenters. The van der Waals surface area contributed by atoms with Gasteiger partial charge in [0.2, 0.25) is 0 Å². The van der Waals surface area contributed by atoms with Crippen molar-refractivity contribution in [3.8, 4) is 0 Å². The third-order valence-electron chi connectivity index (χ3n) is 2.83. The molecule has 3 rings (SSSR count). The second kappa shape index (κ2) is 5.09. The van der Waals surface area contributed by atoms with Crippen LogP contribution in [0, 0.1) is 0 Å². The van der Waals surface area contributed by atoms with Crippen LogP contribution in [0.2, 0.25) is 0 Å². The van der Waals surface area contributed by atoms with Crippen molar-refractivity contribution in [2.24, 2.45) is 0 Å². The number of amides is 1. The maximum absolute atomic E-state index is 11.9. The normalized spacial score (nSPS) is 14.1. The minimum Gasteiger partial charge on any atom is -0.467 e. The van der Waals surface area contributed by atoms with E-state index in [0.29, 0.717) is 29.9 Å². The Hall–Kier alpha value is -2.37. The first kappa shape index (κ1) is 11.7. The van der Waals surface area contributed by atoms with Gasteiger partial charge in [-0.1, -0.05) is 0 Å². The lowest BCUT2D eigenvalue weighted by Crippen LogP contribution is -2.24. The van der Waals surface area contributed by atoms with Gasteiger partial charge in [-0.05, 0) is 25.0 Å². The lowest BCUT2D eigenvalue weighted by atomic mass is 10.3. The van der Waals surface area contributed by atoms with Crippen LogP contribution in [-0.2, 0) is 6.54 Å². The number of aromatic nitrogens is 2. The molecule has 1 aliphatic rings. The molecule has 0 aromatic carbocycles. The lowest BCUT2D eigenvalue weighted by Gasteiger charge is -2.05. The molecular formula is C13H14N4O2. The first-order valence-electron chi connectivity index (χ1n) is 6.20. The van der Waals surface area contributed by atoms with Gasteiger partial charge in [0, 0.05) is 12.1 Å². The van der Waals surface area contributed by atoms with Crippen LogP contribution >= 0.6 is 0 Å². The quantitative estimate of drug-likeness (QED) is 0.851.